The van der Waals surface area contributed by atoms with E-state index >= 15 is 0 Å². The second-order valence-corrected chi connectivity index (χ2v) is 10.2. The van der Waals surface area contributed by atoms with E-state index in [2.05, 4.69) is 0 Å². The fraction of sp³-hybridized carbons (Fsp3) is 0.458. The van der Waals surface area contributed by atoms with Crippen LogP contribution in [0.15, 0.2) is 53.4 Å². The van der Waals surface area contributed by atoms with Crippen LogP contribution in [0.1, 0.15) is 32.1 Å². The third-order valence-electron chi connectivity index (χ3n) is 6.40. The minimum absolute atomic E-state index is 0.113. The van der Waals surface area contributed by atoms with Gasteiger partial charge in [0, 0.05) is 26.6 Å². The monoisotopic (exact) mass is 460 g/mol. The molecule has 1 fully saturated rings. The van der Waals surface area contributed by atoms with Gasteiger partial charge in [-0.05, 0) is 67.0 Å². The van der Waals surface area contributed by atoms with Crippen LogP contribution in [0.3, 0.4) is 0 Å². The Balaban J connectivity index is 1.65. The maximum atomic E-state index is 13.2. The van der Waals surface area contributed by atoms with Gasteiger partial charge in [-0.1, -0.05) is 24.3 Å². The summed E-state index contributed by atoms with van der Waals surface area (Å²) in [5, 5.41) is 1.81. The largest absolute Gasteiger partial charge is 0.497 e. The Hall–Kier alpha value is -2.42. The van der Waals surface area contributed by atoms with Crippen LogP contribution >= 0.6 is 0 Å². The predicted octanol–water partition coefficient (Wildman–Crippen LogP) is 3.95. The third-order valence-corrected chi connectivity index (χ3v) is 8.22. The molecule has 0 aliphatic heterocycles. The summed E-state index contributed by atoms with van der Waals surface area (Å²) >= 11 is 0. The van der Waals surface area contributed by atoms with Crippen molar-refractivity contribution in [3.05, 3.63) is 48.5 Å². The highest BCUT2D eigenvalue weighted by molar-refractivity contribution is 7.89. The maximum Gasteiger partial charge on any atom is 0.305 e. The molecule has 1 aliphatic rings. The van der Waals surface area contributed by atoms with Crippen molar-refractivity contribution >= 4 is 16.0 Å². The zero-order chi connectivity index (χ0) is 23.3. The van der Waals surface area contributed by atoms with Crippen molar-refractivity contribution < 1.29 is 22.7 Å². The molecule has 2 aromatic rings. The second-order valence-electron chi connectivity index (χ2n) is 8.22. The van der Waals surface area contributed by atoms with Gasteiger partial charge in [0.2, 0.25) is 0 Å². The van der Waals surface area contributed by atoms with E-state index in [1.807, 2.05) is 43.4 Å². The SMILES string of the molecule is COC(=O)CC1CCC(N(C)N(C)S(=O)(=O)c2ccc(-c3ccc(OC)cc3)cc2)CC1. The highest BCUT2D eigenvalue weighted by atomic mass is 32.2. The standard InChI is InChI=1S/C24H32N2O5S/c1-25(21-11-5-18(6-12-21)17-24(27)31-4)26(2)32(28,29)23-15-9-20(10-16-23)19-7-13-22(30-3)14-8-19/h7-10,13-16,18,21H,5-6,11-12,17H2,1-4H3. The Morgan fingerprint density at radius 3 is 1.94 bits per heavy atom. The van der Waals surface area contributed by atoms with E-state index in [0.717, 1.165) is 42.6 Å². The van der Waals surface area contributed by atoms with Gasteiger partial charge in [0.25, 0.3) is 10.0 Å². The lowest BCUT2D eigenvalue weighted by atomic mass is 9.84. The highest BCUT2D eigenvalue weighted by Crippen LogP contribution is 2.31. The lowest BCUT2D eigenvalue weighted by Gasteiger charge is -2.38. The predicted molar refractivity (Wildman–Crippen MR) is 124 cm³/mol. The number of hydrazine groups is 1. The molecule has 8 heteroatoms. The number of hydrogen-bond acceptors (Lipinski definition) is 6. The Bertz CT molecular complexity index is 998. The zero-order valence-electron chi connectivity index (χ0n) is 19.2. The van der Waals surface area contributed by atoms with Gasteiger partial charge in [-0.15, -0.1) is 4.41 Å². The average Bonchev–Trinajstić information content (AvgIpc) is 2.83. The molecule has 0 N–H and O–H groups in total. The van der Waals surface area contributed by atoms with Gasteiger partial charge in [0.05, 0.1) is 19.1 Å². The maximum absolute atomic E-state index is 13.2. The van der Waals surface area contributed by atoms with Crippen LogP contribution in [-0.4, -0.2) is 58.2 Å². The van der Waals surface area contributed by atoms with Crippen molar-refractivity contribution in [3.8, 4) is 16.9 Å². The van der Waals surface area contributed by atoms with Gasteiger partial charge < -0.3 is 9.47 Å². The molecule has 0 spiro atoms. The molecule has 0 atom stereocenters. The minimum Gasteiger partial charge on any atom is -0.497 e. The van der Waals surface area contributed by atoms with Gasteiger partial charge in [-0.2, -0.15) is 0 Å². The van der Waals surface area contributed by atoms with E-state index in [4.69, 9.17) is 9.47 Å². The lowest BCUT2D eigenvalue weighted by Crippen LogP contribution is -2.48. The Labute approximate surface area is 191 Å². The summed E-state index contributed by atoms with van der Waals surface area (Å²) in [7, 11) is 2.77. The van der Waals surface area contributed by atoms with Crippen molar-refractivity contribution in [1.82, 2.24) is 9.42 Å². The summed E-state index contributed by atoms with van der Waals surface area (Å²) in [4.78, 5) is 11.8. The van der Waals surface area contributed by atoms with Crippen molar-refractivity contribution in [2.24, 2.45) is 5.92 Å². The smallest absolute Gasteiger partial charge is 0.305 e. The molecule has 0 heterocycles. The summed E-state index contributed by atoms with van der Waals surface area (Å²) in [6.07, 6.45) is 3.88. The van der Waals surface area contributed by atoms with E-state index in [1.165, 1.54) is 11.5 Å². The number of methoxy groups -OCH3 is 2. The first-order chi connectivity index (χ1) is 15.3. The van der Waals surface area contributed by atoms with Crippen molar-refractivity contribution in [2.45, 2.75) is 43.0 Å². The van der Waals surface area contributed by atoms with Crippen molar-refractivity contribution in [2.75, 3.05) is 28.3 Å². The molecule has 2 aromatic carbocycles. The molecule has 3 rings (SSSR count). The highest BCUT2D eigenvalue weighted by Gasteiger charge is 2.32. The van der Waals surface area contributed by atoms with Gasteiger partial charge in [0.1, 0.15) is 5.75 Å². The minimum atomic E-state index is -3.67. The topological polar surface area (TPSA) is 76.2 Å². The van der Waals surface area contributed by atoms with Crippen molar-refractivity contribution in [3.63, 3.8) is 0 Å². The van der Waals surface area contributed by atoms with Gasteiger partial charge in [-0.25, -0.2) is 13.4 Å². The lowest BCUT2D eigenvalue weighted by molar-refractivity contribution is -0.142. The Morgan fingerprint density at radius 2 is 1.44 bits per heavy atom. The van der Waals surface area contributed by atoms with Crippen LogP contribution in [-0.2, 0) is 19.6 Å². The molecule has 0 aromatic heterocycles. The Morgan fingerprint density at radius 1 is 0.906 bits per heavy atom. The number of carbonyl (C=O) groups is 1. The van der Waals surface area contributed by atoms with Gasteiger partial charge in [-0.3, -0.25) is 4.79 Å². The first-order valence-electron chi connectivity index (χ1n) is 10.8. The molecule has 0 saturated heterocycles. The molecule has 0 unspecified atom stereocenters. The van der Waals surface area contributed by atoms with Gasteiger partial charge >= 0.3 is 5.97 Å². The fourth-order valence-corrected chi connectivity index (χ4v) is 5.45. The molecule has 174 valence electrons. The molecule has 0 bridgehead atoms. The van der Waals surface area contributed by atoms with Crippen LogP contribution in [0.25, 0.3) is 11.1 Å². The van der Waals surface area contributed by atoms with E-state index in [0.29, 0.717) is 12.3 Å². The fourth-order valence-electron chi connectivity index (χ4n) is 4.20. The Kier molecular flexibility index (Phi) is 7.92. The zero-order valence-corrected chi connectivity index (χ0v) is 20.0. The molecule has 7 nitrogen and oxygen atoms in total. The summed E-state index contributed by atoms with van der Waals surface area (Å²) in [5.41, 5.74) is 1.93. The number of sulfonamides is 1. The number of carbonyl (C=O) groups excluding carboxylic acids is 1. The van der Waals surface area contributed by atoms with E-state index in [9.17, 15) is 13.2 Å². The molecule has 32 heavy (non-hydrogen) atoms. The average molecular weight is 461 g/mol. The van der Waals surface area contributed by atoms with Gasteiger partial charge in [0.15, 0.2) is 0 Å². The normalized spacial score (nSPS) is 19.2. The van der Waals surface area contributed by atoms with E-state index in [-0.39, 0.29) is 16.9 Å². The van der Waals surface area contributed by atoms with Crippen LogP contribution in [0.2, 0.25) is 0 Å². The number of esters is 1. The van der Waals surface area contributed by atoms with Crippen LogP contribution in [0.4, 0.5) is 0 Å². The first kappa shape index (κ1) is 24.2. The molecule has 0 amide bonds. The summed E-state index contributed by atoms with van der Waals surface area (Å²) in [5.74, 6) is 0.899. The number of ether oxygens (including phenoxy) is 2. The van der Waals surface area contributed by atoms with Crippen LogP contribution in [0.5, 0.6) is 5.75 Å². The van der Waals surface area contributed by atoms with Crippen LogP contribution in [0, 0.1) is 5.92 Å². The summed E-state index contributed by atoms with van der Waals surface area (Å²) in [6, 6.07) is 14.7. The molecular formula is C24H32N2O5S. The first-order valence-corrected chi connectivity index (χ1v) is 12.2. The number of rotatable bonds is 8. The molecule has 1 saturated carbocycles. The number of benzene rings is 2. The summed E-state index contributed by atoms with van der Waals surface area (Å²) < 4.78 is 37.7. The quantitative estimate of drug-likeness (QED) is 0.439. The number of hydrogen-bond donors (Lipinski definition) is 0. The molecular weight excluding hydrogens is 428 g/mol. The second kappa shape index (κ2) is 10.5. The summed E-state index contributed by atoms with van der Waals surface area (Å²) in [6.45, 7) is 0. The van der Waals surface area contributed by atoms with E-state index in [1.54, 1.807) is 31.3 Å². The molecule has 1 aliphatic carbocycles. The number of nitrogens with zero attached hydrogens (tertiary/aromatic N) is 2. The van der Waals surface area contributed by atoms with Crippen LogP contribution < -0.4 is 4.74 Å². The molecule has 0 radical (unpaired) electrons. The third kappa shape index (κ3) is 5.49. The van der Waals surface area contributed by atoms with E-state index < -0.39 is 10.0 Å². The van der Waals surface area contributed by atoms with Crippen molar-refractivity contribution in [1.29, 1.82) is 0 Å².